The van der Waals surface area contributed by atoms with E-state index in [0.717, 1.165) is 31.1 Å². The summed E-state index contributed by atoms with van der Waals surface area (Å²) in [6.07, 6.45) is 1.83. The van der Waals surface area contributed by atoms with Crippen LogP contribution in [0.4, 0.5) is 10.9 Å². The summed E-state index contributed by atoms with van der Waals surface area (Å²) in [4.78, 5) is 19.2. The molecule has 1 aromatic heterocycles. The molecule has 7 heteroatoms. The average molecular weight is 298 g/mol. The molecule has 1 aliphatic heterocycles. The smallest absolute Gasteiger partial charge is 0.265 e. The summed E-state index contributed by atoms with van der Waals surface area (Å²) in [7, 11) is 0. The van der Waals surface area contributed by atoms with Gasteiger partial charge in [-0.15, -0.1) is 0 Å². The van der Waals surface area contributed by atoms with Crippen LogP contribution in [0, 0.1) is 0 Å². The molecule has 0 aromatic carbocycles. The summed E-state index contributed by atoms with van der Waals surface area (Å²) in [5.41, 5.74) is 5.89. The van der Waals surface area contributed by atoms with Crippen LogP contribution in [0.15, 0.2) is 0 Å². The van der Waals surface area contributed by atoms with Gasteiger partial charge in [-0.25, -0.2) is 4.98 Å². The Balaban J connectivity index is 2.08. The van der Waals surface area contributed by atoms with Crippen molar-refractivity contribution < 1.29 is 9.53 Å². The number of anilines is 2. The third kappa shape index (κ3) is 3.40. The van der Waals surface area contributed by atoms with Gasteiger partial charge in [0.25, 0.3) is 5.91 Å². The molecule has 1 aromatic rings. The summed E-state index contributed by atoms with van der Waals surface area (Å²) in [6, 6.07) is 0.191. The van der Waals surface area contributed by atoms with Crippen molar-refractivity contribution >= 4 is 28.2 Å². The highest BCUT2D eigenvalue weighted by Crippen LogP contribution is 2.28. The number of amides is 1. The zero-order valence-corrected chi connectivity index (χ0v) is 12.8. The van der Waals surface area contributed by atoms with Gasteiger partial charge in [0.05, 0.1) is 13.2 Å². The van der Waals surface area contributed by atoms with Crippen LogP contribution in [-0.4, -0.2) is 43.2 Å². The number of aromatic nitrogens is 1. The monoisotopic (exact) mass is 298 g/mol. The Bertz CT molecular complexity index is 453. The van der Waals surface area contributed by atoms with Crippen LogP contribution in [-0.2, 0) is 4.74 Å². The number of thiazole rings is 1. The molecule has 0 atom stereocenters. The van der Waals surface area contributed by atoms with Gasteiger partial charge < -0.3 is 20.7 Å². The van der Waals surface area contributed by atoms with E-state index in [1.807, 2.05) is 0 Å². The van der Waals surface area contributed by atoms with E-state index in [1.165, 1.54) is 11.3 Å². The van der Waals surface area contributed by atoms with E-state index in [9.17, 15) is 4.79 Å². The fourth-order valence-electron chi connectivity index (χ4n) is 2.12. The molecule has 2 heterocycles. The Hall–Kier alpha value is -1.34. The van der Waals surface area contributed by atoms with Crippen molar-refractivity contribution in [2.75, 3.05) is 36.9 Å². The Morgan fingerprint density at radius 3 is 2.70 bits per heavy atom. The Morgan fingerprint density at radius 2 is 2.10 bits per heavy atom. The Kier molecular flexibility index (Phi) is 5.19. The second-order valence-corrected chi connectivity index (χ2v) is 5.77. The molecule has 3 N–H and O–H groups in total. The fraction of sp³-hybridized carbons (Fsp3) is 0.692. The van der Waals surface area contributed by atoms with Crippen LogP contribution < -0.4 is 16.0 Å². The largest absolute Gasteiger partial charge is 0.382 e. The highest BCUT2D eigenvalue weighted by Gasteiger charge is 2.22. The first kappa shape index (κ1) is 15.1. The summed E-state index contributed by atoms with van der Waals surface area (Å²) in [6.45, 7) is 7.08. The highest BCUT2D eigenvalue weighted by molar-refractivity contribution is 7.18. The number of rotatable bonds is 5. The number of nitrogens with one attached hydrogen (secondary N) is 1. The molecule has 0 unspecified atom stereocenters. The number of nitrogens with zero attached hydrogens (tertiary/aromatic N) is 2. The molecule has 0 bridgehead atoms. The lowest BCUT2D eigenvalue weighted by molar-refractivity contribution is 0.0939. The second-order valence-electron chi connectivity index (χ2n) is 4.80. The van der Waals surface area contributed by atoms with Gasteiger partial charge in [0, 0.05) is 19.1 Å². The lowest BCUT2D eigenvalue weighted by Crippen LogP contribution is -2.36. The molecule has 1 saturated heterocycles. The molecule has 112 valence electrons. The third-order valence-corrected chi connectivity index (χ3v) is 4.58. The molecule has 6 nitrogen and oxygen atoms in total. The standard InChI is InChI=1S/C13H22N4O2S/c1-3-9(4-2)15-12(18)10-11(14)16-13(20-10)17-5-7-19-8-6-17/h9H,3-8,14H2,1-2H3,(H,15,18). The Morgan fingerprint density at radius 1 is 1.45 bits per heavy atom. The second kappa shape index (κ2) is 6.90. The first-order chi connectivity index (χ1) is 9.65. The van der Waals surface area contributed by atoms with Crippen molar-refractivity contribution in [1.82, 2.24) is 10.3 Å². The SMILES string of the molecule is CCC(CC)NC(=O)c1sc(N2CCOCC2)nc1N. The normalized spacial score (nSPS) is 15.7. The molecular weight excluding hydrogens is 276 g/mol. The molecule has 2 rings (SSSR count). The van der Waals surface area contributed by atoms with Crippen molar-refractivity contribution in [3.63, 3.8) is 0 Å². The number of carbonyl (C=O) groups is 1. The van der Waals surface area contributed by atoms with E-state index in [-0.39, 0.29) is 11.9 Å². The van der Waals surface area contributed by atoms with E-state index in [2.05, 4.69) is 29.0 Å². The van der Waals surface area contributed by atoms with E-state index < -0.39 is 0 Å². The minimum absolute atomic E-state index is 0.117. The van der Waals surface area contributed by atoms with E-state index in [0.29, 0.717) is 23.9 Å². The molecular formula is C13H22N4O2S. The minimum Gasteiger partial charge on any atom is -0.382 e. The lowest BCUT2D eigenvalue weighted by Gasteiger charge is -2.25. The number of hydrogen-bond donors (Lipinski definition) is 2. The van der Waals surface area contributed by atoms with Gasteiger partial charge in [0.2, 0.25) is 0 Å². The molecule has 0 saturated carbocycles. The van der Waals surface area contributed by atoms with Crippen LogP contribution in [0.2, 0.25) is 0 Å². The van der Waals surface area contributed by atoms with Gasteiger partial charge in [-0.05, 0) is 12.8 Å². The average Bonchev–Trinajstić information content (AvgIpc) is 2.87. The first-order valence-corrected chi connectivity index (χ1v) is 7.87. The van der Waals surface area contributed by atoms with Gasteiger partial charge >= 0.3 is 0 Å². The predicted octanol–water partition coefficient (Wildman–Crippen LogP) is 1.48. The van der Waals surface area contributed by atoms with Gasteiger partial charge in [-0.1, -0.05) is 25.2 Å². The van der Waals surface area contributed by atoms with Crippen molar-refractivity contribution in [2.45, 2.75) is 32.7 Å². The number of ether oxygens (including phenoxy) is 1. The maximum Gasteiger partial charge on any atom is 0.265 e. The minimum atomic E-state index is -0.117. The predicted molar refractivity (Wildman–Crippen MR) is 81.4 cm³/mol. The van der Waals surface area contributed by atoms with Crippen LogP contribution in [0.25, 0.3) is 0 Å². The third-order valence-electron chi connectivity index (χ3n) is 3.45. The van der Waals surface area contributed by atoms with Gasteiger partial charge in [-0.2, -0.15) is 0 Å². The van der Waals surface area contributed by atoms with Crippen molar-refractivity contribution in [3.8, 4) is 0 Å². The summed E-state index contributed by atoms with van der Waals surface area (Å²) in [5, 5.41) is 3.80. The molecule has 0 spiro atoms. The molecule has 1 fully saturated rings. The maximum absolute atomic E-state index is 12.2. The van der Waals surface area contributed by atoms with Crippen LogP contribution in [0.3, 0.4) is 0 Å². The van der Waals surface area contributed by atoms with E-state index in [4.69, 9.17) is 10.5 Å². The molecule has 1 amide bonds. The van der Waals surface area contributed by atoms with Gasteiger partial charge in [0.1, 0.15) is 10.7 Å². The summed E-state index contributed by atoms with van der Waals surface area (Å²) < 4.78 is 5.31. The number of hydrogen-bond acceptors (Lipinski definition) is 6. The number of carbonyl (C=O) groups excluding carboxylic acids is 1. The molecule has 20 heavy (non-hydrogen) atoms. The zero-order chi connectivity index (χ0) is 14.5. The fourth-order valence-corrected chi connectivity index (χ4v) is 3.06. The zero-order valence-electron chi connectivity index (χ0n) is 12.0. The van der Waals surface area contributed by atoms with Gasteiger partial charge in [-0.3, -0.25) is 4.79 Å². The van der Waals surface area contributed by atoms with E-state index in [1.54, 1.807) is 0 Å². The summed E-state index contributed by atoms with van der Waals surface area (Å²) >= 11 is 1.36. The lowest BCUT2D eigenvalue weighted by atomic mass is 10.2. The van der Waals surface area contributed by atoms with Crippen molar-refractivity contribution in [1.29, 1.82) is 0 Å². The first-order valence-electron chi connectivity index (χ1n) is 7.05. The maximum atomic E-state index is 12.2. The highest BCUT2D eigenvalue weighted by atomic mass is 32.1. The quantitative estimate of drug-likeness (QED) is 0.860. The van der Waals surface area contributed by atoms with Gasteiger partial charge in [0.15, 0.2) is 5.13 Å². The van der Waals surface area contributed by atoms with Crippen LogP contribution in [0.1, 0.15) is 36.4 Å². The molecule has 0 aliphatic carbocycles. The molecule has 1 aliphatic rings. The topological polar surface area (TPSA) is 80.5 Å². The molecule has 0 radical (unpaired) electrons. The Labute approximate surface area is 123 Å². The number of morpholine rings is 1. The van der Waals surface area contributed by atoms with Crippen LogP contribution in [0.5, 0.6) is 0 Å². The van der Waals surface area contributed by atoms with Crippen LogP contribution >= 0.6 is 11.3 Å². The summed E-state index contributed by atoms with van der Waals surface area (Å²) in [5.74, 6) is 0.202. The van der Waals surface area contributed by atoms with Crippen molar-refractivity contribution in [3.05, 3.63) is 4.88 Å². The van der Waals surface area contributed by atoms with E-state index >= 15 is 0 Å². The number of nitrogen functional groups attached to an aromatic ring is 1. The van der Waals surface area contributed by atoms with Crippen molar-refractivity contribution in [2.24, 2.45) is 0 Å². The number of nitrogens with two attached hydrogens (primary N) is 1.